The van der Waals surface area contributed by atoms with Gasteiger partial charge in [-0.3, -0.25) is 4.79 Å². The highest BCUT2D eigenvalue weighted by Gasteiger charge is 2.23. The third kappa shape index (κ3) is 3.07. The van der Waals surface area contributed by atoms with Crippen molar-refractivity contribution in [2.45, 2.75) is 38.7 Å². The predicted molar refractivity (Wildman–Crippen MR) is 77.2 cm³/mol. The van der Waals surface area contributed by atoms with E-state index in [1.165, 1.54) is 0 Å². The fourth-order valence-electron chi connectivity index (χ4n) is 2.49. The standard InChI is InChI=1S/C15H22N2O2/c1-11(19-2)8-9-15(18)17-10-4-5-12-13(16)6-3-7-14(12)17/h3,6-7,11H,4-5,8-10,16H2,1-2H3. The highest BCUT2D eigenvalue weighted by Crippen LogP contribution is 2.31. The Morgan fingerprint density at radius 2 is 2.32 bits per heavy atom. The van der Waals surface area contributed by atoms with Crippen LogP contribution in [0.1, 0.15) is 31.7 Å². The van der Waals surface area contributed by atoms with E-state index in [4.69, 9.17) is 10.5 Å². The highest BCUT2D eigenvalue weighted by molar-refractivity contribution is 5.95. The van der Waals surface area contributed by atoms with Gasteiger partial charge in [-0.1, -0.05) is 6.07 Å². The average Bonchev–Trinajstić information content (AvgIpc) is 2.44. The zero-order chi connectivity index (χ0) is 13.8. The number of carbonyl (C=O) groups is 1. The van der Waals surface area contributed by atoms with Crippen LogP contribution in [0.25, 0.3) is 0 Å². The molecule has 1 heterocycles. The fraction of sp³-hybridized carbons (Fsp3) is 0.533. The molecule has 0 aromatic heterocycles. The van der Waals surface area contributed by atoms with Crippen LogP contribution in [0, 0.1) is 0 Å². The monoisotopic (exact) mass is 262 g/mol. The summed E-state index contributed by atoms with van der Waals surface area (Å²) in [5.74, 6) is 0.162. The van der Waals surface area contributed by atoms with Gasteiger partial charge < -0.3 is 15.4 Å². The molecule has 0 fully saturated rings. The molecule has 4 nitrogen and oxygen atoms in total. The summed E-state index contributed by atoms with van der Waals surface area (Å²) in [5.41, 5.74) is 8.88. The molecular formula is C15H22N2O2. The Bertz CT molecular complexity index is 459. The molecule has 1 aromatic carbocycles. The van der Waals surface area contributed by atoms with Crippen LogP contribution >= 0.6 is 0 Å². The number of amides is 1. The number of hydrogen-bond donors (Lipinski definition) is 1. The molecule has 0 saturated heterocycles. The normalized spacial score (nSPS) is 16.0. The summed E-state index contributed by atoms with van der Waals surface area (Å²) in [6.07, 6.45) is 3.33. The van der Waals surface area contributed by atoms with Crippen LogP contribution in [0.5, 0.6) is 0 Å². The lowest BCUT2D eigenvalue weighted by Gasteiger charge is -2.30. The van der Waals surface area contributed by atoms with Gasteiger partial charge in [0.1, 0.15) is 0 Å². The molecule has 0 aliphatic carbocycles. The van der Waals surface area contributed by atoms with Gasteiger partial charge in [0.25, 0.3) is 0 Å². The van der Waals surface area contributed by atoms with Crippen LogP contribution in [0.3, 0.4) is 0 Å². The third-order valence-corrected chi connectivity index (χ3v) is 3.75. The second-order valence-electron chi connectivity index (χ2n) is 5.08. The molecule has 0 spiro atoms. The van der Waals surface area contributed by atoms with Gasteiger partial charge in [-0.15, -0.1) is 0 Å². The number of carbonyl (C=O) groups excluding carboxylic acids is 1. The van der Waals surface area contributed by atoms with Crippen LogP contribution in [0.2, 0.25) is 0 Å². The van der Waals surface area contributed by atoms with Gasteiger partial charge in [-0.2, -0.15) is 0 Å². The summed E-state index contributed by atoms with van der Waals surface area (Å²) in [7, 11) is 1.67. The van der Waals surface area contributed by atoms with E-state index in [1.54, 1.807) is 7.11 Å². The van der Waals surface area contributed by atoms with Crippen molar-refractivity contribution in [1.29, 1.82) is 0 Å². The molecule has 1 unspecified atom stereocenters. The maximum absolute atomic E-state index is 12.3. The molecule has 104 valence electrons. The average molecular weight is 262 g/mol. The predicted octanol–water partition coefficient (Wildman–Crippen LogP) is 2.36. The Balaban J connectivity index is 2.11. The molecule has 0 bridgehead atoms. The summed E-state index contributed by atoms with van der Waals surface area (Å²) >= 11 is 0. The number of methoxy groups -OCH3 is 1. The van der Waals surface area contributed by atoms with Gasteiger partial charge in [0, 0.05) is 31.5 Å². The van der Waals surface area contributed by atoms with Crippen LogP contribution in [0.15, 0.2) is 18.2 Å². The maximum atomic E-state index is 12.3. The summed E-state index contributed by atoms with van der Waals surface area (Å²) < 4.78 is 5.19. The van der Waals surface area contributed by atoms with Gasteiger partial charge >= 0.3 is 0 Å². The van der Waals surface area contributed by atoms with Crippen LogP contribution in [-0.2, 0) is 16.0 Å². The number of benzene rings is 1. The number of hydrogen-bond acceptors (Lipinski definition) is 3. The number of ether oxygens (including phenoxy) is 1. The van der Waals surface area contributed by atoms with E-state index >= 15 is 0 Å². The largest absolute Gasteiger partial charge is 0.398 e. The quantitative estimate of drug-likeness (QED) is 0.847. The molecule has 1 aliphatic heterocycles. The first-order valence-corrected chi connectivity index (χ1v) is 6.84. The Morgan fingerprint density at radius 3 is 3.05 bits per heavy atom. The van der Waals surface area contributed by atoms with E-state index < -0.39 is 0 Å². The van der Waals surface area contributed by atoms with Crippen molar-refractivity contribution in [2.24, 2.45) is 0 Å². The Hall–Kier alpha value is -1.55. The first-order valence-electron chi connectivity index (χ1n) is 6.84. The zero-order valence-corrected chi connectivity index (χ0v) is 11.7. The second kappa shape index (κ2) is 6.06. The van der Waals surface area contributed by atoms with Gasteiger partial charge in [0.15, 0.2) is 0 Å². The van der Waals surface area contributed by atoms with Gasteiger partial charge in [0.2, 0.25) is 5.91 Å². The van der Waals surface area contributed by atoms with Crippen LogP contribution in [0.4, 0.5) is 11.4 Å². The summed E-state index contributed by atoms with van der Waals surface area (Å²) in [4.78, 5) is 14.2. The molecule has 1 aliphatic rings. The van der Waals surface area contributed by atoms with Gasteiger partial charge in [-0.05, 0) is 43.9 Å². The third-order valence-electron chi connectivity index (χ3n) is 3.75. The lowest BCUT2D eigenvalue weighted by atomic mass is 9.99. The number of rotatable bonds is 4. The first-order chi connectivity index (χ1) is 9.13. The number of anilines is 2. The first kappa shape index (κ1) is 13.9. The summed E-state index contributed by atoms with van der Waals surface area (Å²) in [5, 5.41) is 0. The van der Waals surface area contributed by atoms with Crippen molar-refractivity contribution >= 4 is 17.3 Å². The minimum absolute atomic E-state index is 0.119. The van der Waals surface area contributed by atoms with Crippen molar-refractivity contribution in [3.8, 4) is 0 Å². The fourth-order valence-corrected chi connectivity index (χ4v) is 2.49. The Kier molecular flexibility index (Phi) is 4.43. The van der Waals surface area contributed by atoms with E-state index in [2.05, 4.69) is 0 Å². The number of nitrogens with two attached hydrogens (primary N) is 1. The molecule has 0 saturated carbocycles. The molecule has 4 heteroatoms. The van der Waals surface area contributed by atoms with Crippen molar-refractivity contribution in [2.75, 3.05) is 24.3 Å². The van der Waals surface area contributed by atoms with Crippen molar-refractivity contribution < 1.29 is 9.53 Å². The van der Waals surface area contributed by atoms with E-state index in [9.17, 15) is 4.79 Å². The Labute approximate surface area is 114 Å². The maximum Gasteiger partial charge on any atom is 0.227 e. The van der Waals surface area contributed by atoms with E-state index in [1.807, 2.05) is 30.0 Å². The smallest absolute Gasteiger partial charge is 0.227 e. The highest BCUT2D eigenvalue weighted by atomic mass is 16.5. The van der Waals surface area contributed by atoms with Crippen LogP contribution in [-0.4, -0.2) is 25.7 Å². The number of nitrogen functional groups attached to an aromatic ring is 1. The van der Waals surface area contributed by atoms with E-state index in [0.29, 0.717) is 6.42 Å². The van der Waals surface area contributed by atoms with E-state index in [-0.39, 0.29) is 12.0 Å². The van der Waals surface area contributed by atoms with Crippen molar-refractivity contribution in [1.82, 2.24) is 0 Å². The molecule has 2 rings (SSSR count). The zero-order valence-electron chi connectivity index (χ0n) is 11.7. The molecule has 1 aromatic rings. The molecule has 1 atom stereocenters. The Morgan fingerprint density at radius 1 is 1.53 bits per heavy atom. The van der Waals surface area contributed by atoms with Gasteiger partial charge in [0.05, 0.1) is 6.10 Å². The SMILES string of the molecule is COC(C)CCC(=O)N1CCCc2c(N)cccc21. The number of nitrogens with zero attached hydrogens (tertiary/aromatic N) is 1. The van der Waals surface area contributed by atoms with Gasteiger partial charge in [-0.25, -0.2) is 0 Å². The minimum Gasteiger partial charge on any atom is -0.398 e. The summed E-state index contributed by atoms with van der Waals surface area (Å²) in [6, 6.07) is 5.81. The second-order valence-corrected chi connectivity index (χ2v) is 5.08. The molecule has 1 amide bonds. The molecule has 0 radical (unpaired) electrons. The topological polar surface area (TPSA) is 55.6 Å². The number of fused-ring (bicyclic) bond motifs is 1. The van der Waals surface area contributed by atoms with E-state index in [0.717, 1.165) is 42.7 Å². The minimum atomic E-state index is 0.119. The molecule has 19 heavy (non-hydrogen) atoms. The summed E-state index contributed by atoms with van der Waals surface area (Å²) in [6.45, 7) is 2.77. The lowest BCUT2D eigenvalue weighted by molar-refractivity contribution is -0.119. The van der Waals surface area contributed by atoms with Crippen molar-refractivity contribution in [3.05, 3.63) is 23.8 Å². The molecular weight excluding hydrogens is 240 g/mol. The van der Waals surface area contributed by atoms with Crippen molar-refractivity contribution in [3.63, 3.8) is 0 Å². The van der Waals surface area contributed by atoms with Crippen LogP contribution < -0.4 is 10.6 Å². The molecule has 2 N–H and O–H groups in total. The lowest BCUT2D eigenvalue weighted by Crippen LogP contribution is -2.36.